The van der Waals surface area contributed by atoms with Crippen LogP contribution >= 0.6 is 0 Å². The van der Waals surface area contributed by atoms with E-state index >= 15 is 0 Å². The molecule has 2 N–H and O–H groups in total. The summed E-state index contributed by atoms with van der Waals surface area (Å²) in [6, 6.07) is 7.60. The Morgan fingerprint density at radius 1 is 1.16 bits per heavy atom. The van der Waals surface area contributed by atoms with E-state index in [0.717, 1.165) is 41.6 Å². The van der Waals surface area contributed by atoms with E-state index in [9.17, 15) is 18.0 Å². The molecule has 2 aliphatic rings. The van der Waals surface area contributed by atoms with Crippen LogP contribution in [0, 0.1) is 5.92 Å². The van der Waals surface area contributed by atoms with E-state index < -0.39 is 11.7 Å². The number of hydrogen-bond donors (Lipinski definition) is 1. The van der Waals surface area contributed by atoms with Gasteiger partial charge < -0.3 is 15.4 Å². The highest BCUT2D eigenvalue weighted by Gasteiger charge is 2.31. The molecule has 0 bridgehead atoms. The van der Waals surface area contributed by atoms with Crippen molar-refractivity contribution in [3.05, 3.63) is 64.5 Å². The molecule has 6 nitrogen and oxygen atoms in total. The van der Waals surface area contributed by atoms with Crippen LogP contribution in [0.4, 0.5) is 19.0 Å². The van der Waals surface area contributed by atoms with Gasteiger partial charge in [-0.2, -0.15) is 13.2 Å². The normalized spacial score (nSPS) is 15.7. The van der Waals surface area contributed by atoms with Gasteiger partial charge >= 0.3 is 6.18 Å². The maximum absolute atomic E-state index is 13.4. The molecule has 1 fully saturated rings. The van der Waals surface area contributed by atoms with Crippen molar-refractivity contribution < 1.29 is 22.7 Å². The lowest BCUT2D eigenvalue weighted by Gasteiger charge is -2.23. The van der Waals surface area contributed by atoms with Crippen LogP contribution in [0.25, 0.3) is 10.9 Å². The summed E-state index contributed by atoms with van der Waals surface area (Å²) in [4.78, 5) is 23.4. The molecule has 3 heterocycles. The molecule has 5 rings (SSSR count). The topological polar surface area (TPSA) is 81.3 Å². The van der Waals surface area contributed by atoms with Crippen LogP contribution < -0.4 is 5.73 Å². The number of halogens is 3. The molecule has 0 radical (unpaired) electrons. The van der Waals surface area contributed by atoms with Gasteiger partial charge in [0, 0.05) is 29.3 Å². The Morgan fingerprint density at radius 2 is 1.94 bits per heavy atom. The Balaban J connectivity index is 1.44. The highest BCUT2D eigenvalue weighted by Crippen LogP contribution is 2.34. The summed E-state index contributed by atoms with van der Waals surface area (Å²) < 4.78 is 44.0. The van der Waals surface area contributed by atoms with Crippen molar-refractivity contribution in [2.75, 3.05) is 12.3 Å². The van der Waals surface area contributed by atoms with E-state index in [-0.39, 0.29) is 12.5 Å². The first-order chi connectivity index (χ1) is 15.3. The maximum Gasteiger partial charge on any atom is 0.417 e. The van der Waals surface area contributed by atoms with Crippen LogP contribution in [0.5, 0.6) is 0 Å². The quantitative estimate of drug-likeness (QED) is 0.637. The molecule has 1 aliphatic carbocycles. The van der Waals surface area contributed by atoms with Crippen LogP contribution in [0.15, 0.2) is 36.5 Å². The number of carbonyl (C=O) groups is 1. The zero-order valence-electron chi connectivity index (χ0n) is 17.2. The molecule has 1 saturated carbocycles. The van der Waals surface area contributed by atoms with Gasteiger partial charge in [-0.05, 0) is 54.7 Å². The smallest absolute Gasteiger partial charge is 0.383 e. The minimum atomic E-state index is -4.44. The van der Waals surface area contributed by atoms with Crippen molar-refractivity contribution in [3.63, 3.8) is 0 Å². The molecule has 1 aromatic carbocycles. The number of nitrogens with zero attached hydrogens (tertiary/aromatic N) is 3. The Labute approximate surface area is 182 Å². The summed E-state index contributed by atoms with van der Waals surface area (Å²) in [6.07, 6.45) is -1.56. The number of fused-ring (bicyclic) bond motifs is 3. The molecule has 0 saturated heterocycles. The summed E-state index contributed by atoms with van der Waals surface area (Å²) in [5.41, 5.74) is 8.62. The maximum atomic E-state index is 13.4. The molecule has 3 aromatic rings. The summed E-state index contributed by atoms with van der Waals surface area (Å²) in [5.74, 6) is 0.658. The first-order valence-corrected chi connectivity index (χ1v) is 10.4. The van der Waals surface area contributed by atoms with Crippen molar-refractivity contribution in [3.8, 4) is 0 Å². The molecule has 32 heavy (non-hydrogen) atoms. The number of ether oxygens (including phenoxy) is 1. The lowest BCUT2D eigenvalue weighted by atomic mass is 10.0. The number of alkyl halides is 3. The second-order valence-electron chi connectivity index (χ2n) is 8.34. The van der Waals surface area contributed by atoms with Crippen LogP contribution in [-0.4, -0.2) is 27.3 Å². The molecule has 0 spiro atoms. The number of rotatable bonds is 5. The number of nitrogens with two attached hydrogens (primary N) is 1. The average Bonchev–Trinajstić information content (AvgIpc) is 3.43. The van der Waals surface area contributed by atoms with Crippen LogP contribution in [0.1, 0.15) is 45.6 Å². The van der Waals surface area contributed by atoms with Crippen molar-refractivity contribution >= 4 is 22.6 Å². The number of benzene rings is 1. The molecule has 0 unspecified atom stereocenters. The Bertz CT molecular complexity index is 1190. The van der Waals surface area contributed by atoms with E-state index in [1.807, 2.05) is 0 Å². The molecule has 1 aliphatic heterocycles. The van der Waals surface area contributed by atoms with Crippen molar-refractivity contribution in [1.29, 1.82) is 0 Å². The molecule has 9 heteroatoms. The third-order valence-corrected chi connectivity index (χ3v) is 5.94. The number of carbonyl (C=O) groups excluding carboxylic acids is 1. The Kier molecular flexibility index (Phi) is 5.00. The number of hydrogen-bond acceptors (Lipinski definition) is 5. The first-order valence-electron chi connectivity index (χ1n) is 10.4. The fraction of sp³-hybridized carbons (Fsp3) is 0.348. The highest BCUT2D eigenvalue weighted by molar-refractivity contribution is 5.99. The Hall–Kier alpha value is -3.20. The van der Waals surface area contributed by atoms with Crippen molar-refractivity contribution in [1.82, 2.24) is 14.9 Å². The van der Waals surface area contributed by atoms with Gasteiger partial charge in [0.05, 0.1) is 36.5 Å². The molecule has 2 aromatic heterocycles. The third kappa shape index (κ3) is 4.00. The number of pyridine rings is 2. The average molecular weight is 442 g/mol. The number of aromatic nitrogens is 2. The van der Waals surface area contributed by atoms with Gasteiger partial charge in [-0.1, -0.05) is 0 Å². The van der Waals surface area contributed by atoms with Crippen LogP contribution in [0.2, 0.25) is 0 Å². The lowest BCUT2D eigenvalue weighted by molar-refractivity contribution is -0.137. The van der Waals surface area contributed by atoms with E-state index in [4.69, 9.17) is 10.5 Å². The summed E-state index contributed by atoms with van der Waals surface area (Å²) in [5, 5.41) is 0.830. The fourth-order valence-corrected chi connectivity index (χ4v) is 4.00. The standard InChI is InChI=1S/C23H21F3N4O2/c24-23(25,26)15-4-5-16(28-8-15)10-30(9-13-1-2-13)22(31)14-3-6-20-17(7-14)18-11-32-12-19(18)21(27)29-20/h3-8,13H,1-2,9-12H2,(H2,27,29). The van der Waals surface area contributed by atoms with Gasteiger partial charge in [0.1, 0.15) is 5.82 Å². The Morgan fingerprint density at radius 3 is 2.62 bits per heavy atom. The zero-order valence-corrected chi connectivity index (χ0v) is 17.2. The number of amides is 1. The van der Waals surface area contributed by atoms with Gasteiger partial charge in [0.15, 0.2) is 0 Å². The van der Waals surface area contributed by atoms with Crippen LogP contribution in [0.3, 0.4) is 0 Å². The minimum absolute atomic E-state index is 0.146. The van der Waals surface area contributed by atoms with Gasteiger partial charge in [-0.15, -0.1) is 0 Å². The van der Waals surface area contributed by atoms with Gasteiger partial charge in [-0.25, -0.2) is 4.98 Å². The largest absolute Gasteiger partial charge is 0.417 e. The number of anilines is 1. The van der Waals surface area contributed by atoms with Gasteiger partial charge in [-0.3, -0.25) is 9.78 Å². The van der Waals surface area contributed by atoms with E-state index in [1.165, 1.54) is 6.07 Å². The predicted octanol–water partition coefficient (Wildman–Crippen LogP) is 4.31. The fourth-order valence-electron chi connectivity index (χ4n) is 4.00. The summed E-state index contributed by atoms with van der Waals surface area (Å²) in [6.45, 7) is 1.50. The molecular formula is C23H21F3N4O2. The second-order valence-corrected chi connectivity index (χ2v) is 8.34. The predicted molar refractivity (Wildman–Crippen MR) is 111 cm³/mol. The van der Waals surface area contributed by atoms with E-state index in [1.54, 1.807) is 23.1 Å². The van der Waals surface area contributed by atoms with Gasteiger partial charge in [0.2, 0.25) is 0 Å². The van der Waals surface area contributed by atoms with Crippen LogP contribution in [-0.2, 0) is 30.7 Å². The SMILES string of the molecule is Nc1nc2ccc(C(=O)N(Cc3ccc(C(F)(F)F)cn3)CC3CC3)cc2c2c1COC2. The highest BCUT2D eigenvalue weighted by atomic mass is 19.4. The third-order valence-electron chi connectivity index (χ3n) is 5.94. The zero-order chi connectivity index (χ0) is 22.5. The number of nitrogen functional groups attached to an aromatic ring is 1. The van der Waals surface area contributed by atoms with Crippen molar-refractivity contribution in [2.24, 2.45) is 5.92 Å². The first kappa shape index (κ1) is 20.7. The summed E-state index contributed by atoms with van der Waals surface area (Å²) >= 11 is 0. The molecule has 166 valence electrons. The molecule has 1 amide bonds. The summed E-state index contributed by atoms with van der Waals surface area (Å²) in [7, 11) is 0. The lowest BCUT2D eigenvalue weighted by Crippen LogP contribution is -2.32. The minimum Gasteiger partial charge on any atom is -0.383 e. The van der Waals surface area contributed by atoms with Gasteiger partial charge in [0.25, 0.3) is 5.91 Å². The monoisotopic (exact) mass is 442 g/mol. The van der Waals surface area contributed by atoms with E-state index in [2.05, 4.69) is 9.97 Å². The molecule has 0 atom stereocenters. The van der Waals surface area contributed by atoms with Crippen molar-refractivity contribution in [2.45, 2.75) is 38.8 Å². The van der Waals surface area contributed by atoms with E-state index in [0.29, 0.717) is 48.3 Å². The molecular weight excluding hydrogens is 421 g/mol. The second kappa shape index (κ2) is 7.74.